The molecule has 3 aromatic rings. The number of fused-ring (bicyclic) bond motifs is 1. The van der Waals surface area contributed by atoms with Crippen LogP contribution in [0.5, 0.6) is 0 Å². The summed E-state index contributed by atoms with van der Waals surface area (Å²) >= 11 is 0. The van der Waals surface area contributed by atoms with Gasteiger partial charge in [-0.05, 0) is 24.3 Å². The minimum Gasteiger partial charge on any atom is -0.378 e. The van der Waals surface area contributed by atoms with Gasteiger partial charge in [0.05, 0.1) is 18.1 Å². The summed E-state index contributed by atoms with van der Waals surface area (Å²) in [6.07, 6.45) is 1.40. The molecule has 0 unspecified atom stereocenters. The topological polar surface area (TPSA) is 97.7 Å². The smallest absolute Gasteiger partial charge is 0.242 e. The van der Waals surface area contributed by atoms with Crippen molar-refractivity contribution >= 4 is 38.2 Å². The van der Waals surface area contributed by atoms with Crippen molar-refractivity contribution in [2.24, 2.45) is 0 Å². The maximum atomic E-state index is 13.3. The second-order valence-electron chi connectivity index (χ2n) is 7.45. The maximum absolute atomic E-state index is 13.3. The van der Waals surface area contributed by atoms with Gasteiger partial charge in [-0.25, -0.2) is 12.8 Å². The highest BCUT2D eigenvalue weighted by atomic mass is 32.2. The maximum Gasteiger partial charge on any atom is 0.242 e. The second-order valence-corrected chi connectivity index (χ2v) is 9.41. The zero-order valence-corrected chi connectivity index (χ0v) is 18.0. The minimum absolute atomic E-state index is 0.0223. The van der Waals surface area contributed by atoms with E-state index in [0.29, 0.717) is 37.2 Å². The number of carbonyl (C=O) groups is 2. The Labute approximate surface area is 184 Å². The molecular formula is C22H22FN3O5S. The number of amides is 2. The van der Waals surface area contributed by atoms with E-state index in [4.69, 9.17) is 4.74 Å². The first-order valence-corrected chi connectivity index (χ1v) is 11.7. The number of sulfone groups is 1. The number of hydrogen-bond donors (Lipinski definition) is 1. The molecule has 1 aliphatic heterocycles. The van der Waals surface area contributed by atoms with Gasteiger partial charge in [0.15, 0.2) is 9.84 Å². The molecule has 1 aromatic heterocycles. The number of rotatable bonds is 6. The van der Waals surface area contributed by atoms with Crippen molar-refractivity contribution in [2.45, 2.75) is 11.4 Å². The van der Waals surface area contributed by atoms with Gasteiger partial charge in [0.1, 0.15) is 18.1 Å². The Morgan fingerprint density at radius 2 is 1.81 bits per heavy atom. The van der Waals surface area contributed by atoms with E-state index in [9.17, 15) is 22.4 Å². The van der Waals surface area contributed by atoms with Crippen LogP contribution in [0.1, 0.15) is 0 Å². The Hall–Kier alpha value is -3.24. The molecule has 1 fully saturated rings. The Bertz CT molecular complexity index is 1270. The molecule has 4 rings (SSSR count). The molecule has 168 valence electrons. The number of hydrogen-bond acceptors (Lipinski definition) is 5. The summed E-state index contributed by atoms with van der Waals surface area (Å²) in [5.41, 5.74) is 0.752. The van der Waals surface area contributed by atoms with Crippen LogP contribution in [0.3, 0.4) is 0 Å². The van der Waals surface area contributed by atoms with E-state index in [2.05, 4.69) is 5.32 Å². The van der Waals surface area contributed by atoms with Crippen LogP contribution in [0, 0.1) is 5.82 Å². The SMILES string of the molecule is O=C(CS(=O)(=O)c1cn(CC(=O)N2CCOCC2)c2ccccc12)Nc1cccc(F)c1. The average molecular weight is 459 g/mol. The van der Waals surface area contributed by atoms with Gasteiger partial charge in [-0.1, -0.05) is 24.3 Å². The van der Waals surface area contributed by atoms with E-state index in [1.165, 1.54) is 24.4 Å². The largest absolute Gasteiger partial charge is 0.378 e. The molecule has 0 bridgehead atoms. The van der Waals surface area contributed by atoms with E-state index in [0.717, 1.165) is 6.07 Å². The van der Waals surface area contributed by atoms with Gasteiger partial charge in [0, 0.05) is 35.9 Å². The zero-order chi connectivity index (χ0) is 22.7. The van der Waals surface area contributed by atoms with Crippen LogP contribution in [-0.2, 0) is 30.7 Å². The number of nitrogens with zero attached hydrogens (tertiary/aromatic N) is 2. The van der Waals surface area contributed by atoms with Gasteiger partial charge in [-0.3, -0.25) is 9.59 Å². The van der Waals surface area contributed by atoms with Crippen molar-refractivity contribution in [3.63, 3.8) is 0 Å². The van der Waals surface area contributed by atoms with Crippen LogP contribution in [0.4, 0.5) is 10.1 Å². The van der Waals surface area contributed by atoms with Crippen molar-refractivity contribution in [3.8, 4) is 0 Å². The van der Waals surface area contributed by atoms with E-state index in [1.807, 2.05) is 0 Å². The summed E-state index contributed by atoms with van der Waals surface area (Å²) in [6.45, 7) is 1.90. The van der Waals surface area contributed by atoms with Crippen molar-refractivity contribution in [2.75, 3.05) is 37.4 Å². The van der Waals surface area contributed by atoms with Crippen LogP contribution in [-0.4, -0.2) is 61.8 Å². The first kappa shape index (κ1) is 22.0. The van der Waals surface area contributed by atoms with E-state index >= 15 is 0 Å². The van der Waals surface area contributed by atoms with E-state index in [-0.39, 0.29) is 23.0 Å². The molecule has 10 heteroatoms. The highest BCUT2D eigenvalue weighted by Crippen LogP contribution is 2.27. The predicted molar refractivity (Wildman–Crippen MR) is 116 cm³/mol. The third-order valence-electron chi connectivity index (χ3n) is 5.19. The van der Waals surface area contributed by atoms with Gasteiger partial charge >= 0.3 is 0 Å². The lowest BCUT2D eigenvalue weighted by molar-refractivity contribution is -0.135. The quantitative estimate of drug-likeness (QED) is 0.609. The molecule has 0 radical (unpaired) electrons. The number of benzene rings is 2. The molecule has 0 aliphatic carbocycles. The third kappa shape index (κ3) is 4.81. The van der Waals surface area contributed by atoms with Crippen molar-refractivity contribution < 1.29 is 27.1 Å². The standard InChI is InChI=1S/C22H22FN3O5S/c23-16-4-3-5-17(12-16)24-21(27)15-32(29,30)20-13-26(19-7-2-1-6-18(19)20)14-22(28)25-8-10-31-11-9-25/h1-7,12-13H,8-11,14-15H2,(H,24,27). The summed E-state index contributed by atoms with van der Waals surface area (Å²) in [5, 5.41) is 2.83. The minimum atomic E-state index is -4.03. The van der Waals surface area contributed by atoms with Crippen molar-refractivity contribution in [1.82, 2.24) is 9.47 Å². The Kier molecular flexibility index (Phi) is 6.24. The Balaban J connectivity index is 1.57. The molecule has 2 aromatic carbocycles. The molecule has 0 spiro atoms. The number of anilines is 1. The van der Waals surface area contributed by atoms with Crippen LogP contribution >= 0.6 is 0 Å². The second kappa shape index (κ2) is 9.09. The van der Waals surface area contributed by atoms with Gasteiger partial charge in [-0.2, -0.15) is 0 Å². The predicted octanol–water partition coefficient (Wildman–Crippen LogP) is 2.05. The highest BCUT2D eigenvalue weighted by molar-refractivity contribution is 7.92. The molecule has 32 heavy (non-hydrogen) atoms. The first-order chi connectivity index (χ1) is 15.3. The lowest BCUT2D eigenvalue weighted by Gasteiger charge is -2.27. The first-order valence-electron chi connectivity index (χ1n) is 10.0. The molecule has 0 saturated carbocycles. The molecule has 1 saturated heterocycles. The fourth-order valence-corrected chi connectivity index (χ4v) is 5.03. The van der Waals surface area contributed by atoms with Crippen LogP contribution < -0.4 is 5.32 Å². The lowest BCUT2D eigenvalue weighted by Crippen LogP contribution is -2.42. The van der Waals surface area contributed by atoms with Crippen LogP contribution in [0.2, 0.25) is 0 Å². The summed E-state index contributed by atoms with van der Waals surface area (Å²) < 4.78 is 46.3. The highest BCUT2D eigenvalue weighted by Gasteiger charge is 2.26. The summed E-state index contributed by atoms with van der Waals surface area (Å²) in [4.78, 5) is 26.7. The van der Waals surface area contributed by atoms with E-state index in [1.54, 1.807) is 33.7 Å². The van der Waals surface area contributed by atoms with Crippen LogP contribution in [0.15, 0.2) is 59.6 Å². The average Bonchev–Trinajstić information content (AvgIpc) is 3.13. The molecule has 2 heterocycles. The van der Waals surface area contributed by atoms with Gasteiger partial charge in [0.25, 0.3) is 0 Å². The third-order valence-corrected chi connectivity index (χ3v) is 6.82. The van der Waals surface area contributed by atoms with Crippen molar-refractivity contribution in [3.05, 3.63) is 60.5 Å². The number of halogens is 1. The number of nitrogens with one attached hydrogen (secondary N) is 1. The lowest BCUT2D eigenvalue weighted by atomic mass is 10.2. The number of aromatic nitrogens is 1. The molecule has 1 N–H and O–H groups in total. The van der Waals surface area contributed by atoms with Crippen molar-refractivity contribution in [1.29, 1.82) is 0 Å². The summed E-state index contributed by atoms with van der Waals surface area (Å²) in [7, 11) is -4.03. The number of ether oxygens (including phenoxy) is 1. The summed E-state index contributed by atoms with van der Waals surface area (Å²) in [6, 6.07) is 12.0. The molecule has 1 aliphatic rings. The fraction of sp³-hybridized carbons (Fsp3) is 0.273. The zero-order valence-electron chi connectivity index (χ0n) is 17.2. The fourth-order valence-electron chi connectivity index (χ4n) is 3.66. The molecular weight excluding hydrogens is 437 g/mol. The number of carbonyl (C=O) groups excluding carboxylic acids is 2. The number of morpholine rings is 1. The number of para-hydroxylation sites is 1. The molecule has 0 atom stereocenters. The Morgan fingerprint density at radius 3 is 2.56 bits per heavy atom. The molecule has 2 amide bonds. The Morgan fingerprint density at radius 1 is 1.06 bits per heavy atom. The monoisotopic (exact) mass is 459 g/mol. The van der Waals surface area contributed by atoms with Gasteiger partial charge in [0.2, 0.25) is 11.8 Å². The normalized spacial score (nSPS) is 14.5. The van der Waals surface area contributed by atoms with E-state index < -0.39 is 27.3 Å². The molecule has 8 nitrogen and oxygen atoms in total. The van der Waals surface area contributed by atoms with Gasteiger partial charge < -0.3 is 19.5 Å². The van der Waals surface area contributed by atoms with Crippen LogP contribution in [0.25, 0.3) is 10.9 Å². The summed E-state index contributed by atoms with van der Waals surface area (Å²) in [5.74, 6) is -2.27. The van der Waals surface area contributed by atoms with Gasteiger partial charge in [-0.15, -0.1) is 0 Å².